The first kappa shape index (κ1) is 21.8. The average Bonchev–Trinajstić information content (AvgIpc) is 3.25. The molecule has 32 heavy (non-hydrogen) atoms. The Hall–Kier alpha value is -3.44. The minimum atomic E-state index is -2.65. The van der Waals surface area contributed by atoms with E-state index in [1.54, 1.807) is 30.7 Å². The van der Waals surface area contributed by atoms with Crippen molar-refractivity contribution in [1.29, 1.82) is 0 Å². The molecule has 0 saturated heterocycles. The maximum Gasteiger partial charge on any atom is 0.280 e. The van der Waals surface area contributed by atoms with Crippen molar-refractivity contribution in [3.05, 3.63) is 64.3 Å². The van der Waals surface area contributed by atoms with Gasteiger partial charge in [0.15, 0.2) is 11.6 Å². The number of hydrogen-bond donors (Lipinski definition) is 2. The lowest BCUT2D eigenvalue weighted by atomic mass is 10.0. The molecule has 0 atom stereocenters. The van der Waals surface area contributed by atoms with E-state index in [1.807, 2.05) is 37.5 Å². The molecule has 0 aliphatic heterocycles. The zero-order chi connectivity index (χ0) is 22.8. The summed E-state index contributed by atoms with van der Waals surface area (Å²) in [6.07, 6.45) is 3.76. The highest BCUT2D eigenvalue weighted by atomic mass is 32.2. The zero-order valence-corrected chi connectivity index (χ0v) is 18.8. The fourth-order valence-electron chi connectivity index (χ4n) is 3.54. The normalized spacial score (nSPS) is 11.7. The summed E-state index contributed by atoms with van der Waals surface area (Å²) in [6, 6.07) is 9.16. The van der Waals surface area contributed by atoms with E-state index in [-0.39, 0.29) is 18.1 Å². The van der Waals surface area contributed by atoms with Crippen LogP contribution in [-0.2, 0) is 17.3 Å². The molecule has 11 heteroatoms. The predicted molar refractivity (Wildman–Crippen MR) is 121 cm³/mol. The van der Waals surface area contributed by atoms with Gasteiger partial charge in [0.2, 0.25) is 10.9 Å². The van der Waals surface area contributed by atoms with Gasteiger partial charge in [0.25, 0.3) is 5.56 Å². The molecule has 166 valence electrons. The van der Waals surface area contributed by atoms with E-state index < -0.39 is 10.9 Å². The van der Waals surface area contributed by atoms with Gasteiger partial charge in [-0.2, -0.15) is 9.78 Å². The Labute approximate surface area is 186 Å². The lowest BCUT2D eigenvalue weighted by Crippen LogP contribution is -2.22. The van der Waals surface area contributed by atoms with Crippen molar-refractivity contribution in [2.24, 2.45) is 0 Å². The van der Waals surface area contributed by atoms with Crippen molar-refractivity contribution in [3.63, 3.8) is 0 Å². The minimum Gasteiger partial charge on any atom is -0.310 e. The molecule has 3 aromatic heterocycles. The molecule has 0 spiro atoms. The molecule has 10 nitrogen and oxygen atoms in total. The van der Waals surface area contributed by atoms with Gasteiger partial charge in [0.1, 0.15) is 12.0 Å². The molecule has 0 fully saturated rings. The summed E-state index contributed by atoms with van der Waals surface area (Å²) < 4.78 is 27.1. The zero-order valence-electron chi connectivity index (χ0n) is 17.9. The predicted octanol–water partition coefficient (Wildman–Crippen LogP) is 1.59. The quantitative estimate of drug-likeness (QED) is 0.407. The Morgan fingerprint density at radius 3 is 2.75 bits per heavy atom. The van der Waals surface area contributed by atoms with Gasteiger partial charge in [-0.15, -0.1) is 10.2 Å². The van der Waals surface area contributed by atoms with E-state index in [2.05, 4.69) is 25.0 Å². The highest BCUT2D eigenvalue weighted by Crippen LogP contribution is 2.20. The molecule has 4 aromatic rings. The Morgan fingerprint density at radius 2 is 2.00 bits per heavy atom. The van der Waals surface area contributed by atoms with Crippen molar-refractivity contribution >= 4 is 21.7 Å². The molecule has 0 amide bonds. The van der Waals surface area contributed by atoms with Crippen LogP contribution in [0.5, 0.6) is 0 Å². The number of thiol groups is 1. The second-order valence-electron chi connectivity index (χ2n) is 7.68. The molecule has 0 saturated carbocycles. The van der Waals surface area contributed by atoms with Crippen LogP contribution in [0.15, 0.2) is 47.7 Å². The second-order valence-corrected chi connectivity index (χ2v) is 8.51. The van der Waals surface area contributed by atoms with Crippen LogP contribution in [-0.4, -0.2) is 44.5 Å². The lowest BCUT2D eigenvalue weighted by Gasteiger charge is -2.11. The van der Waals surface area contributed by atoms with Gasteiger partial charge < -0.3 is 4.57 Å². The summed E-state index contributed by atoms with van der Waals surface area (Å²) in [5, 5.41) is 13.7. The van der Waals surface area contributed by atoms with Gasteiger partial charge in [0, 0.05) is 18.0 Å². The molecule has 4 rings (SSSR count). The van der Waals surface area contributed by atoms with E-state index in [1.165, 1.54) is 4.68 Å². The van der Waals surface area contributed by atoms with Gasteiger partial charge in [-0.05, 0) is 62.6 Å². The number of pyridine rings is 1. The summed E-state index contributed by atoms with van der Waals surface area (Å²) >= 11 is 0. The van der Waals surface area contributed by atoms with Crippen LogP contribution in [0.4, 0.5) is 0 Å². The van der Waals surface area contributed by atoms with E-state index in [4.69, 9.17) is 0 Å². The van der Waals surface area contributed by atoms with E-state index in [9.17, 15) is 13.2 Å². The minimum absolute atomic E-state index is 0.155. The fraction of sp³-hybridized carbons (Fsp3) is 0.286. The topological polar surface area (TPSA) is 125 Å². The van der Waals surface area contributed by atoms with Gasteiger partial charge >= 0.3 is 0 Å². The average molecular weight is 454 g/mol. The first-order valence-corrected chi connectivity index (χ1v) is 11.3. The molecular weight excluding hydrogens is 430 g/mol. The standard InChI is InChI=1S/C21H23N7O3S/c1-13(2)27-12-22-26-20(27)18-5-4-6-19(25-18)28-21(29)17-10-15(7-8-24-32(30)31)14(3)9-16(17)11-23-28/h4-6,9-13,32H,7-8H2,1-3H3,(H,24,30,31). The van der Waals surface area contributed by atoms with Crippen LogP contribution >= 0.6 is 0 Å². The molecule has 0 aliphatic carbocycles. The van der Waals surface area contributed by atoms with Gasteiger partial charge in [-0.1, -0.05) is 6.07 Å². The molecule has 0 unspecified atom stereocenters. The van der Waals surface area contributed by atoms with Crippen LogP contribution in [0, 0.1) is 6.92 Å². The fourth-order valence-corrected chi connectivity index (χ4v) is 3.83. The Bertz CT molecular complexity index is 1410. The summed E-state index contributed by atoms with van der Waals surface area (Å²) in [7, 11) is -2.65. The number of aryl methyl sites for hydroxylation is 1. The Kier molecular flexibility index (Phi) is 6.10. The lowest BCUT2D eigenvalue weighted by molar-refractivity contribution is 0.601. The summed E-state index contributed by atoms with van der Waals surface area (Å²) in [6.45, 7) is 6.24. The summed E-state index contributed by atoms with van der Waals surface area (Å²) in [5.74, 6) is 0.984. The van der Waals surface area contributed by atoms with Crippen molar-refractivity contribution in [3.8, 4) is 17.3 Å². The maximum absolute atomic E-state index is 13.3. The number of aromatic nitrogens is 6. The number of hydrogen-bond acceptors (Lipinski definition) is 7. The largest absolute Gasteiger partial charge is 0.310 e. The highest BCUT2D eigenvalue weighted by Gasteiger charge is 2.14. The second kappa shape index (κ2) is 8.97. The molecule has 1 aromatic carbocycles. The van der Waals surface area contributed by atoms with E-state index in [0.29, 0.717) is 34.5 Å². The molecule has 3 heterocycles. The van der Waals surface area contributed by atoms with Crippen LogP contribution in [0.1, 0.15) is 31.0 Å². The van der Waals surface area contributed by atoms with Crippen molar-refractivity contribution in [1.82, 2.24) is 34.3 Å². The van der Waals surface area contributed by atoms with Crippen LogP contribution in [0.2, 0.25) is 0 Å². The third kappa shape index (κ3) is 4.30. The van der Waals surface area contributed by atoms with Crippen LogP contribution in [0.25, 0.3) is 28.1 Å². The third-order valence-corrected chi connectivity index (χ3v) is 5.67. The van der Waals surface area contributed by atoms with Gasteiger partial charge in [-0.3, -0.25) is 4.79 Å². The molecule has 0 radical (unpaired) electrons. The van der Waals surface area contributed by atoms with E-state index >= 15 is 0 Å². The van der Waals surface area contributed by atoms with Crippen molar-refractivity contribution in [2.45, 2.75) is 33.2 Å². The Balaban J connectivity index is 1.76. The van der Waals surface area contributed by atoms with Crippen molar-refractivity contribution < 1.29 is 8.42 Å². The maximum atomic E-state index is 13.3. The number of nitrogens with one attached hydrogen (secondary N) is 1. The highest BCUT2D eigenvalue weighted by molar-refractivity contribution is 7.70. The van der Waals surface area contributed by atoms with Crippen LogP contribution < -0.4 is 10.3 Å². The number of fused-ring (bicyclic) bond motifs is 1. The van der Waals surface area contributed by atoms with Gasteiger partial charge in [-0.25, -0.2) is 18.1 Å². The number of rotatable bonds is 7. The SMILES string of the molecule is Cc1cc2cnn(-c3cccc(-c4nncn4C(C)C)n3)c(=O)c2cc1CCN[SH](=O)=O. The third-order valence-electron chi connectivity index (χ3n) is 5.19. The smallest absolute Gasteiger partial charge is 0.280 e. The summed E-state index contributed by atoms with van der Waals surface area (Å²) in [4.78, 5) is 17.9. The van der Waals surface area contributed by atoms with Crippen LogP contribution in [0.3, 0.4) is 0 Å². The Morgan fingerprint density at radius 1 is 1.19 bits per heavy atom. The number of nitrogens with zero attached hydrogens (tertiary/aromatic N) is 6. The molecule has 0 aliphatic rings. The van der Waals surface area contributed by atoms with E-state index in [0.717, 1.165) is 11.1 Å². The van der Waals surface area contributed by atoms with Gasteiger partial charge in [0.05, 0.1) is 11.6 Å². The summed E-state index contributed by atoms with van der Waals surface area (Å²) in [5.41, 5.74) is 2.14. The monoisotopic (exact) mass is 453 g/mol. The number of benzene rings is 1. The van der Waals surface area contributed by atoms with Crippen molar-refractivity contribution in [2.75, 3.05) is 6.54 Å². The first-order valence-electron chi connectivity index (χ1n) is 10.1. The first-order chi connectivity index (χ1) is 15.3. The molecular formula is C21H23N7O3S. The molecule has 0 bridgehead atoms. The molecule has 1 N–H and O–H groups in total.